The van der Waals surface area contributed by atoms with Gasteiger partial charge in [0, 0.05) is 13.1 Å². The third-order valence-corrected chi connectivity index (χ3v) is 2.93. The molecule has 17 heavy (non-hydrogen) atoms. The second kappa shape index (κ2) is 4.49. The number of carbonyl (C=O) groups is 1. The monoisotopic (exact) mass is 233 g/mol. The van der Waals surface area contributed by atoms with Gasteiger partial charge in [-0.05, 0) is 31.5 Å². The van der Waals surface area contributed by atoms with Crippen molar-refractivity contribution in [3.05, 3.63) is 35.4 Å². The van der Waals surface area contributed by atoms with Gasteiger partial charge in [-0.1, -0.05) is 11.6 Å². The standard InChI is InChI=1S/C13H15NO3/c1-9-4-6-14(7-5-9)13(17)11-8-10(15)2-3-12(11)16/h2-4,8,15-16H,5-7H2,1H3. The van der Waals surface area contributed by atoms with Crippen LogP contribution in [0.2, 0.25) is 0 Å². The molecule has 0 saturated heterocycles. The average molecular weight is 233 g/mol. The minimum atomic E-state index is -0.248. The van der Waals surface area contributed by atoms with Crippen molar-refractivity contribution in [2.75, 3.05) is 13.1 Å². The Labute approximate surface area is 99.8 Å². The van der Waals surface area contributed by atoms with Gasteiger partial charge in [0.15, 0.2) is 0 Å². The SMILES string of the molecule is CC1=CCN(C(=O)c2cc(O)ccc2O)CC1. The second-order valence-corrected chi connectivity index (χ2v) is 4.25. The number of amides is 1. The Morgan fingerprint density at radius 2 is 2.12 bits per heavy atom. The van der Waals surface area contributed by atoms with E-state index in [9.17, 15) is 15.0 Å². The third kappa shape index (κ3) is 2.41. The summed E-state index contributed by atoms with van der Waals surface area (Å²) in [5.41, 5.74) is 1.42. The molecule has 0 atom stereocenters. The van der Waals surface area contributed by atoms with E-state index in [0.717, 1.165) is 6.42 Å². The van der Waals surface area contributed by atoms with E-state index >= 15 is 0 Å². The summed E-state index contributed by atoms with van der Waals surface area (Å²) in [6, 6.07) is 3.98. The van der Waals surface area contributed by atoms with Crippen molar-refractivity contribution in [2.24, 2.45) is 0 Å². The van der Waals surface area contributed by atoms with Gasteiger partial charge in [0.25, 0.3) is 5.91 Å². The number of hydrogen-bond acceptors (Lipinski definition) is 3. The van der Waals surface area contributed by atoms with Crippen LogP contribution in [0, 0.1) is 0 Å². The van der Waals surface area contributed by atoms with Crippen molar-refractivity contribution in [3.63, 3.8) is 0 Å². The van der Waals surface area contributed by atoms with Gasteiger partial charge in [-0.25, -0.2) is 0 Å². The Hall–Kier alpha value is -1.97. The summed E-state index contributed by atoms with van der Waals surface area (Å²) in [5.74, 6) is -0.365. The number of phenols is 2. The highest BCUT2D eigenvalue weighted by Crippen LogP contribution is 2.24. The van der Waals surface area contributed by atoms with Crippen LogP contribution in [0.15, 0.2) is 29.8 Å². The van der Waals surface area contributed by atoms with Crippen LogP contribution in [0.25, 0.3) is 0 Å². The number of phenolic OH excluding ortho intramolecular Hbond substituents is 2. The van der Waals surface area contributed by atoms with Crippen LogP contribution in [-0.2, 0) is 0 Å². The van der Waals surface area contributed by atoms with Gasteiger partial charge in [0.2, 0.25) is 0 Å². The molecule has 1 amide bonds. The molecule has 2 rings (SSSR count). The lowest BCUT2D eigenvalue weighted by atomic mass is 10.1. The summed E-state index contributed by atoms with van der Waals surface area (Å²) in [4.78, 5) is 13.8. The molecule has 0 unspecified atom stereocenters. The van der Waals surface area contributed by atoms with E-state index in [0.29, 0.717) is 13.1 Å². The summed E-state index contributed by atoms with van der Waals surface area (Å²) in [7, 11) is 0. The maximum Gasteiger partial charge on any atom is 0.258 e. The van der Waals surface area contributed by atoms with Crippen molar-refractivity contribution in [3.8, 4) is 11.5 Å². The second-order valence-electron chi connectivity index (χ2n) is 4.25. The maximum absolute atomic E-state index is 12.1. The summed E-state index contributed by atoms with van der Waals surface area (Å²) >= 11 is 0. The Morgan fingerprint density at radius 3 is 2.76 bits per heavy atom. The van der Waals surface area contributed by atoms with Crippen molar-refractivity contribution < 1.29 is 15.0 Å². The zero-order valence-corrected chi connectivity index (χ0v) is 9.68. The fraction of sp³-hybridized carbons (Fsp3) is 0.308. The molecule has 90 valence electrons. The number of benzene rings is 1. The fourth-order valence-corrected chi connectivity index (χ4v) is 1.82. The first-order valence-electron chi connectivity index (χ1n) is 5.55. The van der Waals surface area contributed by atoms with Crippen molar-refractivity contribution in [1.29, 1.82) is 0 Å². The summed E-state index contributed by atoms with van der Waals surface area (Å²) in [6.45, 7) is 3.24. The molecule has 0 aliphatic carbocycles. The van der Waals surface area contributed by atoms with E-state index in [4.69, 9.17) is 0 Å². The molecule has 4 nitrogen and oxygen atoms in total. The largest absolute Gasteiger partial charge is 0.508 e. The van der Waals surface area contributed by atoms with Gasteiger partial charge in [-0.3, -0.25) is 4.79 Å². The van der Waals surface area contributed by atoms with E-state index in [1.165, 1.54) is 23.8 Å². The molecule has 0 radical (unpaired) electrons. The van der Waals surface area contributed by atoms with E-state index in [1.54, 1.807) is 4.90 Å². The van der Waals surface area contributed by atoms with Crippen LogP contribution >= 0.6 is 0 Å². The van der Waals surface area contributed by atoms with E-state index in [-0.39, 0.29) is 23.0 Å². The number of carbonyl (C=O) groups excluding carboxylic acids is 1. The highest BCUT2D eigenvalue weighted by Gasteiger charge is 2.20. The van der Waals surface area contributed by atoms with Gasteiger partial charge < -0.3 is 15.1 Å². The minimum Gasteiger partial charge on any atom is -0.508 e. The lowest BCUT2D eigenvalue weighted by Crippen LogP contribution is -2.34. The molecular weight excluding hydrogens is 218 g/mol. The molecule has 0 bridgehead atoms. The Bertz CT molecular complexity index is 480. The van der Waals surface area contributed by atoms with Gasteiger partial charge in [-0.2, -0.15) is 0 Å². The molecule has 4 heteroatoms. The van der Waals surface area contributed by atoms with Gasteiger partial charge in [0.1, 0.15) is 11.5 Å². The van der Waals surface area contributed by atoms with Crippen molar-refractivity contribution in [1.82, 2.24) is 4.90 Å². The molecule has 0 aromatic heterocycles. The van der Waals surface area contributed by atoms with Gasteiger partial charge in [-0.15, -0.1) is 0 Å². The molecule has 1 aliphatic rings. The lowest BCUT2D eigenvalue weighted by molar-refractivity contribution is 0.0765. The normalized spacial score (nSPS) is 15.6. The Kier molecular flexibility index (Phi) is 3.04. The molecule has 2 N–H and O–H groups in total. The molecule has 1 aromatic carbocycles. The first kappa shape index (κ1) is 11.5. The average Bonchev–Trinajstić information content (AvgIpc) is 2.32. The summed E-state index contributed by atoms with van der Waals surface area (Å²) in [6.07, 6.45) is 2.85. The topological polar surface area (TPSA) is 60.8 Å². The summed E-state index contributed by atoms with van der Waals surface area (Å²) < 4.78 is 0. The zero-order chi connectivity index (χ0) is 12.4. The van der Waals surface area contributed by atoms with E-state index in [2.05, 4.69) is 0 Å². The van der Waals surface area contributed by atoms with Crippen LogP contribution < -0.4 is 0 Å². The van der Waals surface area contributed by atoms with Crippen LogP contribution in [-0.4, -0.2) is 34.1 Å². The quantitative estimate of drug-likeness (QED) is 0.575. The van der Waals surface area contributed by atoms with E-state index < -0.39 is 0 Å². The minimum absolute atomic E-state index is 0.0186. The predicted molar refractivity (Wildman–Crippen MR) is 64.0 cm³/mol. The third-order valence-electron chi connectivity index (χ3n) is 2.93. The smallest absolute Gasteiger partial charge is 0.258 e. The summed E-state index contributed by atoms with van der Waals surface area (Å²) in [5, 5.41) is 18.9. The van der Waals surface area contributed by atoms with Crippen molar-refractivity contribution >= 4 is 5.91 Å². The van der Waals surface area contributed by atoms with Crippen LogP contribution in [0.4, 0.5) is 0 Å². The number of nitrogens with zero attached hydrogens (tertiary/aromatic N) is 1. The lowest BCUT2D eigenvalue weighted by Gasteiger charge is -2.25. The molecule has 1 aromatic rings. The number of rotatable bonds is 1. The van der Waals surface area contributed by atoms with Crippen LogP contribution in [0.3, 0.4) is 0 Å². The molecule has 1 aliphatic heterocycles. The first-order valence-corrected chi connectivity index (χ1v) is 5.55. The Morgan fingerprint density at radius 1 is 1.35 bits per heavy atom. The van der Waals surface area contributed by atoms with Crippen molar-refractivity contribution in [2.45, 2.75) is 13.3 Å². The van der Waals surface area contributed by atoms with Crippen LogP contribution in [0.5, 0.6) is 11.5 Å². The fourth-order valence-electron chi connectivity index (χ4n) is 1.82. The van der Waals surface area contributed by atoms with E-state index in [1.807, 2.05) is 13.0 Å². The first-order chi connectivity index (χ1) is 8.08. The maximum atomic E-state index is 12.1. The predicted octanol–water partition coefficient (Wildman–Crippen LogP) is 1.89. The highest BCUT2D eigenvalue weighted by molar-refractivity contribution is 5.97. The molecule has 0 saturated carbocycles. The molecule has 0 fully saturated rings. The molecule has 0 spiro atoms. The highest BCUT2D eigenvalue weighted by atomic mass is 16.3. The van der Waals surface area contributed by atoms with Gasteiger partial charge >= 0.3 is 0 Å². The number of hydrogen-bond donors (Lipinski definition) is 2. The van der Waals surface area contributed by atoms with Crippen LogP contribution in [0.1, 0.15) is 23.7 Å². The Balaban J connectivity index is 2.23. The van der Waals surface area contributed by atoms with Gasteiger partial charge in [0.05, 0.1) is 5.56 Å². The molecular formula is C13H15NO3. The number of aromatic hydroxyl groups is 2. The molecule has 1 heterocycles. The zero-order valence-electron chi connectivity index (χ0n) is 9.68.